The van der Waals surface area contributed by atoms with E-state index >= 15 is 0 Å². The third kappa shape index (κ3) is 3.36. The van der Waals surface area contributed by atoms with Crippen molar-refractivity contribution in [1.29, 1.82) is 0 Å². The van der Waals surface area contributed by atoms with E-state index in [-0.39, 0.29) is 18.6 Å². The zero-order valence-electron chi connectivity index (χ0n) is 9.19. The lowest BCUT2D eigenvalue weighted by Crippen LogP contribution is -2.47. The standard InChI is InChI=1S/C10H20N2O2S/c1-15-6-4-9(11)10(14)12-5-2-3-8(12)7-13/h8-9,13H,2-7,11H2,1H3/t8-,9+/m1/s1. The molecule has 1 amide bonds. The number of amides is 1. The topological polar surface area (TPSA) is 66.6 Å². The van der Waals surface area contributed by atoms with Gasteiger partial charge >= 0.3 is 0 Å². The molecular weight excluding hydrogens is 212 g/mol. The van der Waals surface area contributed by atoms with Gasteiger partial charge in [-0.3, -0.25) is 4.79 Å². The average molecular weight is 232 g/mol. The van der Waals surface area contributed by atoms with Gasteiger partial charge in [0.05, 0.1) is 18.7 Å². The molecule has 0 aliphatic carbocycles. The van der Waals surface area contributed by atoms with E-state index in [4.69, 9.17) is 10.8 Å². The Labute approximate surface area is 95.2 Å². The molecule has 1 rings (SSSR count). The molecule has 3 N–H and O–H groups in total. The van der Waals surface area contributed by atoms with Crippen LogP contribution in [0.25, 0.3) is 0 Å². The van der Waals surface area contributed by atoms with E-state index in [1.54, 1.807) is 16.7 Å². The highest BCUT2D eigenvalue weighted by molar-refractivity contribution is 7.98. The van der Waals surface area contributed by atoms with E-state index in [0.717, 1.165) is 25.1 Å². The molecule has 4 nitrogen and oxygen atoms in total. The van der Waals surface area contributed by atoms with Crippen LogP contribution in [0.1, 0.15) is 19.3 Å². The molecule has 15 heavy (non-hydrogen) atoms. The fourth-order valence-corrected chi connectivity index (χ4v) is 2.39. The molecule has 0 radical (unpaired) electrons. The Morgan fingerprint density at radius 3 is 3.07 bits per heavy atom. The molecule has 1 heterocycles. The van der Waals surface area contributed by atoms with Gasteiger partial charge in [-0.2, -0.15) is 11.8 Å². The van der Waals surface area contributed by atoms with Crippen molar-refractivity contribution in [3.8, 4) is 0 Å². The van der Waals surface area contributed by atoms with Gasteiger partial charge in [0.15, 0.2) is 0 Å². The van der Waals surface area contributed by atoms with Gasteiger partial charge in [-0.1, -0.05) is 0 Å². The minimum Gasteiger partial charge on any atom is -0.394 e. The van der Waals surface area contributed by atoms with Crippen LogP contribution in [0.2, 0.25) is 0 Å². The highest BCUT2D eigenvalue weighted by atomic mass is 32.2. The molecule has 0 aromatic rings. The first-order chi connectivity index (χ1) is 7.20. The number of nitrogens with zero attached hydrogens (tertiary/aromatic N) is 1. The molecule has 2 atom stereocenters. The van der Waals surface area contributed by atoms with Crippen molar-refractivity contribution in [2.45, 2.75) is 31.3 Å². The number of rotatable bonds is 5. The van der Waals surface area contributed by atoms with Gasteiger partial charge in [-0.05, 0) is 31.3 Å². The fraction of sp³-hybridized carbons (Fsp3) is 0.900. The Hall–Kier alpha value is -0.260. The SMILES string of the molecule is CSCC[C@H](N)C(=O)N1CCC[C@@H]1CO. The summed E-state index contributed by atoms with van der Waals surface area (Å²) in [6.45, 7) is 0.804. The van der Waals surface area contributed by atoms with Crippen molar-refractivity contribution >= 4 is 17.7 Å². The maximum atomic E-state index is 11.9. The van der Waals surface area contributed by atoms with Crippen LogP contribution in [0, 0.1) is 0 Å². The summed E-state index contributed by atoms with van der Waals surface area (Å²) in [5.74, 6) is 0.908. The van der Waals surface area contributed by atoms with Crippen molar-refractivity contribution in [3.63, 3.8) is 0 Å². The van der Waals surface area contributed by atoms with Crippen molar-refractivity contribution in [2.75, 3.05) is 25.2 Å². The zero-order chi connectivity index (χ0) is 11.3. The Bertz CT molecular complexity index is 214. The molecule has 1 saturated heterocycles. The lowest BCUT2D eigenvalue weighted by molar-refractivity contribution is -0.134. The van der Waals surface area contributed by atoms with Gasteiger partial charge in [0.25, 0.3) is 0 Å². The average Bonchev–Trinajstić information content (AvgIpc) is 2.72. The van der Waals surface area contributed by atoms with Crippen LogP contribution in [0.5, 0.6) is 0 Å². The van der Waals surface area contributed by atoms with E-state index in [0.29, 0.717) is 6.42 Å². The maximum absolute atomic E-state index is 11.9. The van der Waals surface area contributed by atoms with Gasteiger partial charge in [-0.15, -0.1) is 0 Å². The van der Waals surface area contributed by atoms with Gasteiger partial charge in [0, 0.05) is 6.54 Å². The molecule has 1 aliphatic heterocycles. The summed E-state index contributed by atoms with van der Waals surface area (Å²) in [5, 5.41) is 9.10. The van der Waals surface area contributed by atoms with Crippen LogP contribution in [-0.2, 0) is 4.79 Å². The Morgan fingerprint density at radius 2 is 2.47 bits per heavy atom. The molecule has 0 aromatic heterocycles. The highest BCUT2D eigenvalue weighted by Crippen LogP contribution is 2.18. The number of aliphatic hydroxyl groups is 1. The molecule has 1 fully saturated rings. The van der Waals surface area contributed by atoms with Gasteiger partial charge in [0.2, 0.25) is 5.91 Å². The predicted molar refractivity (Wildman–Crippen MR) is 62.8 cm³/mol. The second kappa shape index (κ2) is 6.35. The summed E-state index contributed by atoms with van der Waals surface area (Å²) in [7, 11) is 0. The number of hydrogen-bond acceptors (Lipinski definition) is 4. The van der Waals surface area contributed by atoms with Gasteiger partial charge < -0.3 is 15.7 Å². The number of nitrogens with two attached hydrogens (primary N) is 1. The second-order valence-electron chi connectivity index (χ2n) is 3.90. The Balaban J connectivity index is 2.44. The van der Waals surface area contributed by atoms with Crippen LogP contribution < -0.4 is 5.73 Å². The summed E-state index contributed by atoms with van der Waals surface area (Å²) in [6, 6.07) is -0.401. The molecule has 0 unspecified atom stereocenters. The van der Waals surface area contributed by atoms with Crippen LogP contribution in [0.3, 0.4) is 0 Å². The second-order valence-corrected chi connectivity index (χ2v) is 4.88. The third-order valence-corrected chi connectivity index (χ3v) is 3.47. The van der Waals surface area contributed by atoms with Crippen LogP contribution in [-0.4, -0.2) is 53.2 Å². The molecule has 0 spiro atoms. The normalized spacial score (nSPS) is 23.1. The summed E-state index contributed by atoms with van der Waals surface area (Å²) in [5.41, 5.74) is 5.81. The van der Waals surface area contributed by atoms with Crippen molar-refractivity contribution in [1.82, 2.24) is 4.90 Å². The van der Waals surface area contributed by atoms with Crippen molar-refractivity contribution in [2.24, 2.45) is 5.73 Å². The largest absolute Gasteiger partial charge is 0.394 e. The summed E-state index contributed by atoms with van der Waals surface area (Å²) in [6.07, 6.45) is 4.60. The first-order valence-corrected chi connectivity index (χ1v) is 6.76. The van der Waals surface area contributed by atoms with Crippen LogP contribution >= 0.6 is 11.8 Å². The van der Waals surface area contributed by atoms with E-state index in [9.17, 15) is 4.79 Å². The molecule has 0 saturated carbocycles. The Morgan fingerprint density at radius 1 is 1.73 bits per heavy atom. The number of likely N-dealkylation sites (tertiary alicyclic amines) is 1. The lowest BCUT2D eigenvalue weighted by atomic mass is 10.2. The molecule has 88 valence electrons. The third-order valence-electron chi connectivity index (χ3n) is 2.82. The van der Waals surface area contributed by atoms with E-state index in [1.807, 2.05) is 6.26 Å². The first-order valence-electron chi connectivity index (χ1n) is 5.36. The fourth-order valence-electron chi connectivity index (χ4n) is 1.90. The number of hydrogen-bond donors (Lipinski definition) is 2. The molecule has 1 aliphatic rings. The molecule has 0 aromatic carbocycles. The lowest BCUT2D eigenvalue weighted by Gasteiger charge is -2.26. The number of thioether (sulfide) groups is 1. The van der Waals surface area contributed by atoms with E-state index in [2.05, 4.69) is 0 Å². The number of aliphatic hydroxyl groups excluding tert-OH is 1. The highest BCUT2D eigenvalue weighted by Gasteiger charge is 2.30. The quantitative estimate of drug-likeness (QED) is 0.703. The monoisotopic (exact) mass is 232 g/mol. The summed E-state index contributed by atoms with van der Waals surface area (Å²) >= 11 is 1.70. The number of carbonyl (C=O) groups is 1. The van der Waals surface area contributed by atoms with E-state index in [1.165, 1.54) is 0 Å². The summed E-state index contributed by atoms with van der Waals surface area (Å²) < 4.78 is 0. The molecule has 0 bridgehead atoms. The summed E-state index contributed by atoms with van der Waals surface area (Å²) in [4.78, 5) is 13.6. The smallest absolute Gasteiger partial charge is 0.239 e. The van der Waals surface area contributed by atoms with Crippen molar-refractivity contribution in [3.05, 3.63) is 0 Å². The van der Waals surface area contributed by atoms with E-state index < -0.39 is 6.04 Å². The predicted octanol–water partition coefficient (Wildman–Crippen LogP) is 0.0501. The zero-order valence-corrected chi connectivity index (χ0v) is 10.0. The van der Waals surface area contributed by atoms with Gasteiger partial charge in [0.1, 0.15) is 0 Å². The minimum absolute atomic E-state index is 0.000556. The molecule has 5 heteroatoms. The van der Waals surface area contributed by atoms with Crippen LogP contribution in [0.15, 0.2) is 0 Å². The number of carbonyl (C=O) groups excluding carboxylic acids is 1. The maximum Gasteiger partial charge on any atom is 0.239 e. The van der Waals surface area contributed by atoms with Crippen molar-refractivity contribution < 1.29 is 9.90 Å². The van der Waals surface area contributed by atoms with Gasteiger partial charge in [-0.25, -0.2) is 0 Å². The van der Waals surface area contributed by atoms with Crippen LogP contribution in [0.4, 0.5) is 0 Å². The Kier molecular flexibility index (Phi) is 5.42. The minimum atomic E-state index is -0.399. The first kappa shape index (κ1) is 12.8. The molecular formula is C10H20N2O2S.